The molecule has 3 rings (SSSR count). The highest BCUT2D eigenvalue weighted by Crippen LogP contribution is 2.46. The van der Waals surface area contributed by atoms with Crippen molar-refractivity contribution < 1.29 is 53.1 Å². The fourth-order valence-corrected chi connectivity index (χ4v) is 6.50. The van der Waals surface area contributed by atoms with E-state index in [2.05, 4.69) is 19.2 Å². The first-order chi connectivity index (χ1) is 24.5. The first-order valence-corrected chi connectivity index (χ1v) is 18.3. The summed E-state index contributed by atoms with van der Waals surface area (Å²) in [5.74, 6) is -0.852. The molecular weight excluding hydrogens is 674 g/mol. The quantitative estimate of drug-likeness (QED) is 0.0993. The molecule has 1 unspecified atom stereocenters. The summed E-state index contributed by atoms with van der Waals surface area (Å²) in [5.41, 5.74) is 4.61. The summed E-state index contributed by atoms with van der Waals surface area (Å²) in [6.45, 7) is 11.6. The lowest BCUT2D eigenvalue weighted by atomic mass is 9.80. The van der Waals surface area contributed by atoms with E-state index in [4.69, 9.17) is 29.4 Å². The highest BCUT2D eigenvalue weighted by molar-refractivity contribution is 5.83. The monoisotopic (exact) mass is 735 g/mol. The molecule has 5 atom stereocenters. The van der Waals surface area contributed by atoms with Crippen LogP contribution < -0.4 is 20.5 Å². The molecule has 1 saturated heterocycles. The Morgan fingerprint density at radius 3 is 2.29 bits per heavy atom. The minimum absolute atomic E-state index is 0.0270. The van der Waals surface area contributed by atoms with E-state index in [1.165, 1.54) is 4.90 Å². The summed E-state index contributed by atoms with van der Waals surface area (Å²) in [4.78, 5) is 52.6. The number of hydrogen-bond acceptors (Lipinski definition) is 10. The number of nitrogens with two attached hydrogens (primary N) is 1. The Bertz CT molecular complexity index is 1360. The lowest BCUT2D eigenvalue weighted by molar-refractivity contribution is -0.158. The molecule has 2 aliphatic rings. The van der Waals surface area contributed by atoms with Crippen LogP contribution in [0.4, 0.5) is 4.79 Å². The molecule has 1 saturated carbocycles. The third-order valence-electron chi connectivity index (χ3n) is 10.6. The summed E-state index contributed by atoms with van der Waals surface area (Å²) in [7, 11) is 3.22. The van der Waals surface area contributed by atoms with Crippen LogP contribution >= 0.6 is 0 Å². The summed E-state index contributed by atoms with van der Waals surface area (Å²) in [6.07, 6.45) is -0.164. The molecule has 1 aliphatic carbocycles. The van der Waals surface area contributed by atoms with Crippen LogP contribution in [0.5, 0.6) is 11.5 Å². The fraction of sp³-hybridized carbons (Fsp3) is 0.737. The molecule has 5 N–H and O–H groups in total. The van der Waals surface area contributed by atoms with Gasteiger partial charge in [0.2, 0.25) is 11.8 Å². The van der Waals surface area contributed by atoms with E-state index < -0.39 is 53.1 Å². The van der Waals surface area contributed by atoms with Crippen LogP contribution in [0.3, 0.4) is 0 Å². The van der Waals surface area contributed by atoms with Crippen molar-refractivity contribution in [1.82, 2.24) is 10.2 Å². The van der Waals surface area contributed by atoms with Crippen LogP contribution in [-0.4, -0.2) is 105 Å². The van der Waals surface area contributed by atoms with E-state index >= 15 is 0 Å². The van der Waals surface area contributed by atoms with Crippen LogP contribution in [0, 0.1) is 34.5 Å². The van der Waals surface area contributed by atoms with Gasteiger partial charge in [-0.15, -0.1) is 0 Å². The second-order valence-corrected chi connectivity index (χ2v) is 15.6. The minimum Gasteiger partial charge on any atom is -0.493 e. The molecule has 2 fully saturated rings. The highest BCUT2D eigenvalue weighted by atomic mass is 16.6. The lowest BCUT2D eigenvalue weighted by Gasteiger charge is -2.33. The van der Waals surface area contributed by atoms with Crippen molar-refractivity contribution in [2.24, 2.45) is 40.2 Å². The van der Waals surface area contributed by atoms with Crippen molar-refractivity contribution in [1.29, 1.82) is 0 Å². The molecule has 52 heavy (non-hydrogen) atoms. The largest absolute Gasteiger partial charge is 0.493 e. The van der Waals surface area contributed by atoms with Gasteiger partial charge < -0.3 is 44.9 Å². The molecular formula is C38H61N3O11. The Hall–Kier alpha value is -3.62. The van der Waals surface area contributed by atoms with E-state index in [0.29, 0.717) is 56.8 Å². The maximum absolute atomic E-state index is 13.6. The molecule has 1 heterocycles. The number of nitrogens with zero attached hydrogens (tertiary/aromatic N) is 1. The van der Waals surface area contributed by atoms with Crippen LogP contribution in [0.15, 0.2) is 18.2 Å². The molecule has 0 spiro atoms. The van der Waals surface area contributed by atoms with Gasteiger partial charge in [-0.1, -0.05) is 33.8 Å². The first kappa shape index (κ1) is 42.8. The van der Waals surface area contributed by atoms with E-state index in [1.54, 1.807) is 28.1 Å². The van der Waals surface area contributed by atoms with E-state index in [0.717, 1.165) is 5.56 Å². The van der Waals surface area contributed by atoms with Gasteiger partial charge in [0.25, 0.3) is 0 Å². The number of aliphatic hydroxyl groups excluding tert-OH is 1. The van der Waals surface area contributed by atoms with Crippen LogP contribution in [0.25, 0.3) is 0 Å². The number of carboxylic acid groups (broad SMARTS) is 1. The summed E-state index contributed by atoms with van der Waals surface area (Å²) in [6, 6.07) is 5.10. The zero-order valence-electron chi connectivity index (χ0n) is 32.1. The van der Waals surface area contributed by atoms with Crippen molar-refractivity contribution in [3.8, 4) is 11.5 Å². The topological polar surface area (TPSA) is 196 Å². The van der Waals surface area contributed by atoms with E-state index in [-0.39, 0.29) is 49.8 Å². The second-order valence-electron chi connectivity index (χ2n) is 15.6. The number of esters is 1. The zero-order valence-corrected chi connectivity index (χ0v) is 32.1. The Balaban J connectivity index is 1.91. The number of rotatable bonds is 22. The maximum atomic E-state index is 13.6. The number of hydrogen-bond donors (Lipinski definition) is 4. The van der Waals surface area contributed by atoms with Crippen molar-refractivity contribution in [2.45, 2.75) is 98.4 Å². The molecule has 1 aromatic carbocycles. The lowest BCUT2D eigenvalue weighted by Crippen LogP contribution is -2.47. The smallest absolute Gasteiger partial charge is 0.409 e. The summed E-state index contributed by atoms with van der Waals surface area (Å²) >= 11 is 0. The number of carbonyl (C=O) groups excluding carboxylic acids is 3. The Kier molecular flexibility index (Phi) is 15.6. The van der Waals surface area contributed by atoms with Crippen LogP contribution in [0.1, 0.15) is 79.2 Å². The molecule has 14 heteroatoms. The molecule has 0 bridgehead atoms. The second kappa shape index (κ2) is 18.9. The fourth-order valence-electron chi connectivity index (χ4n) is 6.50. The average Bonchev–Trinajstić information content (AvgIpc) is 3.82. The third-order valence-corrected chi connectivity index (χ3v) is 10.6. The molecule has 294 valence electrons. The number of benzene rings is 1. The van der Waals surface area contributed by atoms with Gasteiger partial charge in [-0.05, 0) is 81.4 Å². The summed E-state index contributed by atoms with van der Waals surface area (Å²) in [5, 5.41) is 23.2. The Morgan fingerprint density at radius 2 is 1.75 bits per heavy atom. The van der Waals surface area contributed by atoms with E-state index in [1.807, 2.05) is 32.0 Å². The highest BCUT2D eigenvalue weighted by Gasteiger charge is 2.52. The average molecular weight is 736 g/mol. The molecule has 0 radical (unpaired) electrons. The SMILES string of the molecule is COCCCOc1cc(C[C@@H](C[C@H]2[C@H](C[C@H](C(=O)NCC(C)(C)C(N)=O)C(C)C)OC(COC(=O)C3(CO)CC3)N2C(=O)O)C(C)C)ccc1OC. The van der Waals surface area contributed by atoms with Gasteiger partial charge in [0.1, 0.15) is 6.61 Å². The van der Waals surface area contributed by atoms with Gasteiger partial charge in [-0.3, -0.25) is 19.3 Å². The number of amides is 3. The van der Waals surface area contributed by atoms with Crippen molar-refractivity contribution >= 4 is 23.9 Å². The zero-order chi connectivity index (χ0) is 38.8. The van der Waals surface area contributed by atoms with Gasteiger partial charge in [0, 0.05) is 32.6 Å². The van der Waals surface area contributed by atoms with Crippen LogP contribution in [-0.2, 0) is 35.0 Å². The molecule has 1 aliphatic heterocycles. The maximum Gasteiger partial charge on any atom is 0.409 e. The number of ether oxygens (including phenoxy) is 5. The number of nitrogens with one attached hydrogen (secondary N) is 1. The molecule has 14 nitrogen and oxygen atoms in total. The van der Waals surface area contributed by atoms with Crippen LogP contribution in [0.2, 0.25) is 0 Å². The Labute approximate surface area is 308 Å². The normalized spacial score (nSPS) is 20.8. The van der Waals surface area contributed by atoms with Crippen molar-refractivity contribution in [2.75, 3.05) is 47.2 Å². The predicted octanol–water partition coefficient (Wildman–Crippen LogP) is 3.99. The third kappa shape index (κ3) is 11.2. The number of aliphatic hydroxyl groups is 1. The van der Waals surface area contributed by atoms with Gasteiger partial charge in [-0.25, -0.2) is 4.79 Å². The van der Waals surface area contributed by atoms with Gasteiger partial charge in [0.05, 0.1) is 43.3 Å². The number of methoxy groups -OCH3 is 2. The van der Waals surface area contributed by atoms with Crippen molar-refractivity contribution in [3.63, 3.8) is 0 Å². The van der Waals surface area contributed by atoms with Crippen molar-refractivity contribution in [3.05, 3.63) is 23.8 Å². The molecule has 3 amide bonds. The van der Waals surface area contributed by atoms with E-state index in [9.17, 15) is 29.4 Å². The van der Waals surface area contributed by atoms with Gasteiger partial charge >= 0.3 is 12.1 Å². The Morgan fingerprint density at radius 1 is 1.06 bits per heavy atom. The standard InChI is InChI=1S/C38H61N3O11/c1-23(2)26(16-25-10-11-29(49-8)31(17-25)50-15-9-14-48-7)18-28-30(19-27(24(3)4)33(43)40-21-37(5,6)34(39)44)52-32(41(28)36(46)47)20-51-35(45)38(22-42)12-13-38/h10-11,17,23-24,26-28,30,32,42H,9,12-16,18-22H2,1-8H3,(H2,39,44)(H,40,43)(H,46,47)/t26-,27-,28-,30-,32?/m0/s1. The number of primary amides is 1. The minimum atomic E-state index is -1.23. The molecule has 1 aromatic rings. The molecule has 0 aromatic heterocycles. The predicted molar refractivity (Wildman–Crippen MR) is 193 cm³/mol. The number of carbonyl (C=O) groups is 4. The van der Waals surface area contributed by atoms with Gasteiger partial charge in [0.15, 0.2) is 17.7 Å². The van der Waals surface area contributed by atoms with Gasteiger partial charge in [-0.2, -0.15) is 0 Å². The first-order valence-electron chi connectivity index (χ1n) is 18.3. The summed E-state index contributed by atoms with van der Waals surface area (Å²) < 4.78 is 28.7.